The summed E-state index contributed by atoms with van der Waals surface area (Å²) in [6.07, 6.45) is 3.17. The molecule has 0 aliphatic heterocycles. The van der Waals surface area contributed by atoms with Crippen LogP contribution in [0.2, 0.25) is 0 Å². The molecule has 1 aromatic carbocycles. The average Bonchev–Trinajstić information content (AvgIpc) is 2.34. The summed E-state index contributed by atoms with van der Waals surface area (Å²) in [5, 5.41) is 0. The standard InChI is InChI=1S/C14H21NO2/c1-4-5-8-11-17-14(16)12-9-6-7-10-13(12)15(2)3/h6-7,9-10H,4-5,8,11H2,1-3H3. The summed E-state index contributed by atoms with van der Waals surface area (Å²) in [6.45, 7) is 2.64. The van der Waals surface area contributed by atoms with Gasteiger partial charge in [-0.2, -0.15) is 0 Å². The van der Waals surface area contributed by atoms with Gasteiger partial charge in [0.25, 0.3) is 0 Å². The highest BCUT2D eigenvalue weighted by Gasteiger charge is 2.12. The van der Waals surface area contributed by atoms with E-state index in [2.05, 4.69) is 6.92 Å². The molecule has 0 aliphatic carbocycles. The maximum atomic E-state index is 11.9. The molecule has 94 valence electrons. The SMILES string of the molecule is CCCCCOC(=O)c1ccccc1N(C)C. The lowest BCUT2D eigenvalue weighted by Crippen LogP contribution is -2.15. The van der Waals surface area contributed by atoms with Crippen LogP contribution in [0.1, 0.15) is 36.5 Å². The minimum Gasteiger partial charge on any atom is -0.462 e. The van der Waals surface area contributed by atoms with Gasteiger partial charge in [0.1, 0.15) is 0 Å². The highest BCUT2D eigenvalue weighted by atomic mass is 16.5. The molecule has 0 aliphatic rings. The fourth-order valence-corrected chi connectivity index (χ4v) is 1.63. The van der Waals surface area contributed by atoms with Crippen molar-refractivity contribution in [2.45, 2.75) is 26.2 Å². The van der Waals surface area contributed by atoms with Crippen molar-refractivity contribution in [3.05, 3.63) is 29.8 Å². The molecule has 3 heteroatoms. The molecule has 0 radical (unpaired) electrons. The van der Waals surface area contributed by atoms with Crippen LogP contribution in [0.5, 0.6) is 0 Å². The molecule has 1 rings (SSSR count). The Morgan fingerprint density at radius 1 is 1.24 bits per heavy atom. The maximum absolute atomic E-state index is 11.9. The number of hydrogen-bond donors (Lipinski definition) is 0. The normalized spacial score (nSPS) is 10.1. The van der Waals surface area contributed by atoms with E-state index >= 15 is 0 Å². The summed E-state index contributed by atoms with van der Waals surface area (Å²) in [4.78, 5) is 13.8. The molecule has 0 heterocycles. The number of nitrogens with zero attached hydrogens (tertiary/aromatic N) is 1. The predicted molar refractivity (Wildman–Crippen MR) is 70.6 cm³/mol. The topological polar surface area (TPSA) is 29.5 Å². The Kier molecular flexibility index (Phi) is 5.53. The summed E-state index contributed by atoms with van der Waals surface area (Å²) in [5.74, 6) is -0.231. The summed E-state index contributed by atoms with van der Waals surface area (Å²) in [7, 11) is 3.84. The molecular weight excluding hydrogens is 214 g/mol. The first-order chi connectivity index (χ1) is 8.16. The third-order valence-corrected chi connectivity index (χ3v) is 2.59. The summed E-state index contributed by atoms with van der Waals surface area (Å²) < 4.78 is 5.26. The summed E-state index contributed by atoms with van der Waals surface area (Å²) in [6, 6.07) is 7.50. The highest BCUT2D eigenvalue weighted by Crippen LogP contribution is 2.18. The van der Waals surface area contributed by atoms with Crippen molar-refractivity contribution in [2.75, 3.05) is 25.6 Å². The molecule has 0 saturated heterocycles. The van der Waals surface area contributed by atoms with Crippen molar-refractivity contribution in [3.8, 4) is 0 Å². The number of esters is 1. The van der Waals surface area contributed by atoms with Gasteiger partial charge in [0.2, 0.25) is 0 Å². The smallest absolute Gasteiger partial charge is 0.340 e. The Morgan fingerprint density at radius 2 is 1.94 bits per heavy atom. The minimum atomic E-state index is -0.231. The second-order valence-electron chi connectivity index (χ2n) is 4.25. The summed E-state index contributed by atoms with van der Waals surface area (Å²) >= 11 is 0. The van der Waals surface area contributed by atoms with Gasteiger partial charge >= 0.3 is 5.97 Å². The van der Waals surface area contributed by atoms with E-state index in [0.29, 0.717) is 12.2 Å². The Morgan fingerprint density at radius 3 is 2.59 bits per heavy atom. The van der Waals surface area contributed by atoms with Crippen molar-refractivity contribution < 1.29 is 9.53 Å². The Bertz CT molecular complexity index is 361. The van der Waals surface area contributed by atoms with Crippen molar-refractivity contribution in [3.63, 3.8) is 0 Å². The lowest BCUT2D eigenvalue weighted by Gasteiger charge is -2.16. The quantitative estimate of drug-likeness (QED) is 0.560. The molecule has 0 saturated carbocycles. The Hall–Kier alpha value is -1.51. The van der Waals surface area contributed by atoms with E-state index in [1.165, 1.54) is 0 Å². The van der Waals surface area contributed by atoms with Crippen molar-refractivity contribution in [1.29, 1.82) is 0 Å². The van der Waals surface area contributed by atoms with Crippen molar-refractivity contribution >= 4 is 11.7 Å². The van der Waals surface area contributed by atoms with Gasteiger partial charge in [-0.25, -0.2) is 4.79 Å². The van der Waals surface area contributed by atoms with Gasteiger partial charge in [-0.3, -0.25) is 0 Å². The molecule has 0 spiro atoms. The van der Waals surface area contributed by atoms with Crippen LogP contribution in [-0.4, -0.2) is 26.7 Å². The second-order valence-corrected chi connectivity index (χ2v) is 4.25. The number of hydrogen-bond acceptors (Lipinski definition) is 3. The lowest BCUT2D eigenvalue weighted by atomic mass is 10.1. The van der Waals surface area contributed by atoms with Crippen LogP contribution < -0.4 is 4.90 Å². The fourth-order valence-electron chi connectivity index (χ4n) is 1.63. The van der Waals surface area contributed by atoms with Crippen LogP contribution in [0.3, 0.4) is 0 Å². The van der Waals surface area contributed by atoms with Crippen LogP contribution in [0.15, 0.2) is 24.3 Å². The number of carbonyl (C=O) groups is 1. The molecule has 0 bridgehead atoms. The number of benzene rings is 1. The van der Waals surface area contributed by atoms with Crippen LogP contribution in [-0.2, 0) is 4.74 Å². The zero-order chi connectivity index (χ0) is 12.7. The second kappa shape index (κ2) is 6.94. The fraction of sp³-hybridized carbons (Fsp3) is 0.500. The molecule has 1 aromatic rings. The zero-order valence-corrected chi connectivity index (χ0v) is 10.9. The number of carbonyl (C=O) groups excluding carboxylic acids is 1. The molecular formula is C14H21NO2. The van der Waals surface area contributed by atoms with Crippen LogP contribution in [0.4, 0.5) is 5.69 Å². The van der Waals surface area contributed by atoms with Crippen LogP contribution in [0.25, 0.3) is 0 Å². The predicted octanol–water partition coefficient (Wildman–Crippen LogP) is 3.10. The Balaban J connectivity index is 2.62. The number of rotatable bonds is 6. The largest absolute Gasteiger partial charge is 0.462 e. The molecule has 0 fully saturated rings. The minimum absolute atomic E-state index is 0.231. The van der Waals surface area contributed by atoms with E-state index in [9.17, 15) is 4.79 Å². The third kappa shape index (κ3) is 4.10. The maximum Gasteiger partial charge on any atom is 0.340 e. The van der Waals surface area contributed by atoms with E-state index in [-0.39, 0.29) is 5.97 Å². The van der Waals surface area contributed by atoms with E-state index in [1.54, 1.807) is 6.07 Å². The zero-order valence-electron chi connectivity index (χ0n) is 10.9. The van der Waals surface area contributed by atoms with Gasteiger partial charge in [-0.1, -0.05) is 31.9 Å². The van der Waals surface area contributed by atoms with E-state index in [0.717, 1.165) is 24.9 Å². The number of ether oxygens (including phenoxy) is 1. The molecule has 0 amide bonds. The van der Waals surface area contributed by atoms with Gasteiger partial charge < -0.3 is 9.64 Å². The van der Waals surface area contributed by atoms with Gasteiger partial charge in [-0.15, -0.1) is 0 Å². The van der Waals surface area contributed by atoms with Gasteiger partial charge in [0.15, 0.2) is 0 Å². The van der Waals surface area contributed by atoms with Crippen LogP contribution in [0, 0.1) is 0 Å². The first-order valence-corrected chi connectivity index (χ1v) is 6.10. The van der Waals surface area contributed by atoms with Crippen LogP contribution >= 0.6 is 0 Å². The number of anilines is 1. The molecule has 0 unspecified atom stereocenters. The molecule has 17 heavy (non-hydrogen) atoms. The van der Waals surface area contributed by atoms with Gasteiger partial charge in [-0.05, 0) is 18.6 Å². The van der Waals surface area contributed by atoms with Crippen molar-refractivity contribution in [1.82, 2.24) is 0 Å². The molecule has 3 nitrogen and oxygen atoms in total. The first-order valence-electron chi connectivity index (χ1n) is 6.10. The monoisotopic (exact) mass is 235 g/mol. The third-order valence-electron chi connectivity index (χ3n) is 2.59. The highest BCUT2D eigenvalue weighted by molar-refractivity contribution is 5.95. The number of para-hydroxylation sites is 1. The number of unbranched alkanes of at least 4 members (excludes halogenated alkanes) is 2. The van der Waals surface area contributed by atoms with Gasteiger partial charge in [0, 0.05) is 14.1 Å². The first kappa shape index (κ1) is 13.6. The van der Waals surface area contributed by atoms with Gasteiger partial charge in [0.05, 0.1) is 17.9 Å². The lowest BCUT2D eigenvalue weighted by molar-refractivity contribution is 0.0499. The van der Waals surface area contributed by atoms with E-state index in [1.807, 2.05) is 37.2 Å². The molecule has 0 aromatic heterocycles. The Labute approximate surface area is 103 Å². The van der Waals surface area contributed by atoms with E-state index in [4.69, 9.17) is 4.74 Å². The van der Waals surface area contributed by atoms with Crippen molar-refractivity contribution in [2.24, 2.45) is 0 Å². The summed E-state index contributed by atoms with van der Waals surface area (Å²) in [5.41, 5.74) is 1.53. The average molecular weight is 235 g/mol. The molecule has 0 N–H and O–H groups in total. The van der Waals surface area contributed by atoms with E-state index < -0.39 is 0 Å². The molecule has 0 atom stereocenters.